The topological polar surface area (TPSA) is 46.9 Å². The van der Waals surface area contributed by atoms with Gasteiger partial charge in [0.05, 0.1) is 23.1 Å². The van der Waals surface area contributed by atoms with Crippen molar-refractivity contribution in [3.8, 4) is 5.69 Å². The zero-order valence-corrected chi connectivity index (χ0v) is 11.4. The number of nitrogens with one attached hydrogen (secondary N) is 1. The zero-order valence-electron chi connectivity index (χ0n) is 11.4. The minimum atomic E-state index is -0.0925. The first-order valence-corrected chi connectivity index (χ1v) is 6.46. The van der Waals surface area contributed by atoms with Gasteiger partial charge in [-0.05, 0) is 30.7 Å². The molecule has 1 amide bonds. The molecule has 0 spiro atoms. The Morgan fingerprint density at radius 2 is 2.00 bits per heavy atom. The number of carbonyl (C=O) groups excluding carboxylic acids is 1. The highest BCUT2D eigenvalue weighted by Crippen LogP contribution is 2.24. The third-order valence-electron chi connectivity index (χ3n) is 3.17. The number of aromatic nitrogens is 2. The molecule has 0 aliphatic carbocycles. The van der Waals surface area contributed by atoms with Crippen molar-refractivity contribution in [2.24, 2.45) is 0 Å². The van der Waals surface area contributed by atoms with Crippen molar-refractivity contribution in [2.45, 2.75) is 13.8 Å². The summed E-state index contributed by atoms with van der Waals surface area (Å²) in [5.41, 5.74) is 3.83. The Labute approximate surface area is 117 Å². The number of fused-ring (bicyclic) bond motifs is 1. The Morgan fingerprint density at radius 1 is 1.20 bits per heavy atom. The van der Waals surface area contributed by atoms with Crippen molar-refractivity contribution in [3.63, 3.8) is 0 Å². The lowest BCUT2D eigenvalue weighted by atomic mass is 10.2. The minimum Gasteiger partial charge on any atom is -0.324 e. The number of nitrogens with zero attached hydrogens (tertiary/aromatic N) is 2. The first-order chi connectivity index (χ1) is 9.65. The van der Waals surface area contributed by atoms with Gasteiger partial charge in [-0.2, -0.15) is 5.10 Å². The van der Waals surface area contributed by atoms with Gasteiger partial charge in [0, 0.05) is 12.3 Å². The van der Waals surface area contributed by atoms with Crippen molar-refractivity contribution >= 4 is 22.5 Å². The lowest BCUT2D eigenvalue weighted by Gasteiger charge is -2.10. The van der Waals surface area contributed by atoms with Gasteiger partial charge in [0.25, 0.3) is 0 Å². The van der Waals surface area contributed by atoms with Crippen molar-refractivity contribution in [2.75, 3.05) is 5.32 Å². The second kappa shape index (κ2) is 4.81. The summed E-state index contributed by atoms with van der Waals surface area (Å²) in [7, 11) is 0. The first-order valence-electron chi connectivity index (χ1n) is 6.46. The summed E-state index contributed by atoms with van der Waals surface area (Å²) < 4.78 is 1.85. The van der Waals surface area contributed by atoms with E-state index in [-0.39, 0.29) is 5.91 Å². The third kappa shape index (κ3) is 2.16. The fourth-order valence-electron chi connectivity index (χ4n) is 2.27. The molecule has 0 bridgehead atoms. The maximum atomic E-state index is 11.3. The molecule has 1 aromatic heterocycles. The SMILES string of the molecule is CC(=O)Nc1ccccc1-n1ncc2ccc(C)cc21. The highest BCUT2D eigenvalue weighted by atomic mass is 16.1. The van der Waals surface area contributed by atoms with Crippen LogP contribution in [0.15, 0.2) is 48.7 Å². The van der Waals surface area contributed by atoms with Crippen LogP contribution in [0.2, 0.25) is 0 Å². The van der Waals surface area contributed by atoms with Gasteiger partial charge in [-0.15, -0.1) is 0 Å². The molecule has 3 aromatic rings. The second-order valence-corrected chi connectivity index (χ2v) is 4.82. The van der Waals surface area contributed by atoms with Crippen LogP contribution in [0.1, 0.15) is 12.5 Å². The average molecular weight is 265 g/mol. The molecule has 0 saturated heterocycles. The van der Waals surface area contributed by atoms with Gasteiger partial charge in [0.15, 0.2) is 0 Å². The summed E-state index contributed by atoms with van der Waals surface area (Å²) in [5, 5.41) is 8.36. The minimum absolute atomic E-state index is 0.0925. The van der Waals surface area contributed by atoms with E-state index >= 15 is 0 Å². The highest BCUT2D eigenvalue weighted by Gasteiger charge is 2.09. The van der Waals surface area contributed by atoms with E-state index in [1.165, 1.54) is 12.5 Å². The number of para-hydroxylation sites is 2. The molecular weight excluding hydrogens is 250 g/mol. The van der Waals surface area contributed by atoms with Gasteiger partial charge in [-0.1, -0.05) is 24.3 Å². The van der Waals surface area contributed by atoms with Gasteiger partial charge in [0.1, 0.15) is 0 Å². The number of anilines is 1. The molecular formula is C16H15N3O. The number of amides is 1. The van der Waals surface area contributed by atoms with Gasteiger partial charge >= 0.3 is 0 Å². The monoisotopic (exact) mass is 265 g/mol. The Hall–Kier alpha value is -2.62. The molecule has 4 heteroatoms. The van der Waals surface area contributed by atoms with E-state index in [4.69, 9.17) is 0 Å². The predicted molar refractivity (Wildman–Crippen MR) is 80.1 cm³/mol. The zero-order chi connectivity index (χ0) is 14.1. The summed E-state index contributed by atoms with van der Waals surface area (Å²) in [6.45, 7) is 3.55. The number of hydrogen-bond acceptors (Lipinski definition) is 2. The first kappa shape index (κ1) is 12.4. The summed E-state index contributed by atoms with van der Waals surface area (Å²) in [6, 6.07) is 13.9. The maximum absolute atomic E-state index is 11.3. The Balaban J connectivity index is 2.20. The van der Waals surface area contributed by atoms with Crippen LogP contribution < -0.4 is 5.32 Å². The molecule has 20 heavy (non-hydrogen) atoms. The van der Waals surface area contributed by atoms with Crippen LogP contribution in [0.25, 0.3) is 16.6 Å². The molecule has 1 heterocycles. The highest BCUT2D eigenvalue weighted by molar-refractivity contribution is 5.92. The van der Waals surface area contributed by atoms with E-state index in [1.807, 2.05) is 35.1 Å². The third-order valence-corrected chi connectivity index (χ3v) is 3.17. The maximum Gasteiger partial charge on any atom is 0.221 e. The normalized spacial score (nSPS) is 10.7. The number of carbonyl (C=O) groups is 1. The van der Waals surface area contributed by atoms with Crippen molar-refractivity contribution in [1.82, 2.24) is 9.78 Å². The predicted octanol–water partition coefficient (Wildman–Crippen LogP) is 3.29. The van der Waals surface area contributed by atoms with Crippen LogP contribution >= 0.6 is 0 Å². The van der Waals surface area contributed by atoms with E-state index in [0.717, 1.165) is 22.3 Å². The Bertz CT molecular complexity index is 789. The number of rotatable bonds is 2. The molecule has 0 aliphatic rings. The molecule has 0 saturated carbocycles. The van der Waals surface area contributed by atoms with Crippen LogP contribution in [-0.4, -0.2) is 15.7 Å². The summed E-state index contributed by atoms with van der Waals surface area (Å²) >= 11 is 0. The smallest absolute Gasteiger partial charge is 0.221 e. The van der Waals surface area contributed by atoms with E-state index < -0.39 is 0 Å². The lowest BCUT2D eigenvalue weighted by Crippen LogP contribution is -2.09. The fourth-order valence-corrected chi connectivity index (χ4v) is 2.27. The van der Waals surface area contributed by atoms with E-state index in [0.29, 0.717) is 0 Å². The Morgan fingerprint density at radius 3 is 2.80 bits per heavy atom. The van der Waals surface area contributed by atoms with Crippen molar-refractivity contribution < 1.29 is 4.79 Å². The van der Waals surface area contributed by atoms with E-state index in [9.17, 15) is 4.79 Å². The molecule has 0 atom stereocenters. The molecule has 3 rings (SSSR count). The molecule has 0 aliphatic heterocycles. The molecule has 0 unspecified atom stereocenters. The summed E-state index contributed by atoms with van der Waals surface area (Å²) in [6.07, 6.45) is 1.83. The Kier molecular flexibility index (Phi) is 2.99. The number of aryl methyl sites for hydroxylation is 1. The van der Waals surface area contributed by atoms with Crippen LogP contribution in [0.4, 0.5) is 5.69 Å². The van der Waals surface area contributed by atoms with E-state index in [1.54, 1.807) is 0 Å². The number of benzene rings is 2. The average Bonchev–Trinajstić information content (AvgIpc) is 2.81. The molecule has 1 N–H and O–H groups in total. The largest absolute Gasteiger partial charge is 0.324 e. The fraction of sp³-hybridized carbons (Fsp3) is 0.125. The summed E-state index contributed by atoms with van der Waals surface area (Å²) in [4.78, 5) is 11.3. The van der Waals surface area contributed by atoms with Gasteiger partial charge in [0.2, 0.25) is 5.91 Å². The molecule has 100 valence electrons. The van der Waals surface area contributed by atoms with Crippen LogP contribution in [0, 0.1) is 6.92 Å². The van der Waals surface area contributed by atoms with Gasteiger partial charge in [-0.25, -0.2) is 4.68 Å². The summed E-state index contributed by atoms with van der Waals surface area (Å²) in [5.74, 6) is -0.0925. The van der Waals surface area contributed by atoms with Crippen molar-refractivity contribution in [3.05, 3.63) is 54.2 Å². The van der Waals surface area contributed by atoms with Crippen molar-refractivity contribution in [1.29, 1.82) is 0 Å². The standard InChI is InChI=1S/C16H15N3O/c1-11-7-8-13-10-17-19(16(13)9-11)15-6-4-3-5-14(15)18-12(2)20/h3-10H,1-2H3,(H,18,20). The molecule has 2 aromatic carbocycles. The van der Waals surface area contributed by atoms with Gasteiger partial charge in [-0.3, -0.25) is 4.79 Å². The lowest BCUT2D eigenvalue weighted by molar-refractivity contribution is -0.114. The van der Waals surface area contributed by atoms with Gasteiger partial charge < -0.3 is 5.32 Å². The molecule has 0 fully saturated rings. The van der Waals surface area contributed by atoms with Crippen LogP contribution in [0.5, 0.6) is 0 Å². The number of hydrogen-bond donors (Lipinski definition) is 1. The quantitative estimate of drug-likeness (QED) is 0.772. The van der Waals surface area contributed by atoms with Crippen LogP contribution in [0.3, 0.4) is 0 Å². The molecule has 0 radical (unpaired) electrons. The second-order valence-electron chi connectivity index (χ2n) is 4.82. The van der Waals surface area contributed by atoms with Crippen LogP contribution in [-0.2, 0) is 4.79 Å². The molecule has 4 nitrogen and oxygen atoms in total. The van der Waals surface area contributed by atoms with E-state index in [2.05, 4.69) is 35.5 Å².